The fourth-order valence-corrected chi connectivity index (χ4v) is 3.48. The molecule has 0 fully saturated rings. The molecule has 2 N–H and O–H groups in total. The van der Waals surface area contributed by atoms with Gasteiger partial charge in [0.2, 0.25) is 0 Å². The molecular formula is C13H12N4O2S2. The van der Waals surface area contributed by atoms with Crippen LogP contribution in [0.15, 0.2) is 47.1 Å². The number of nitrogens with one attached hydrogen (secondary N) is 2. The molecule has 0 bridgehead atoms. The van der Waals surface area contributed by atoms with Crippen molar-refractivity contribution in [2.24, 2.45) is 0 Å². The molecule has 2 heterocycles. The van der Waals surface area contributed by atoms with Crippen molar-refractivity contribution in [2.45, 2.75) is 11.9 Å². The van der Waals surface area contributed by atoms with Crippen LogP contribution in [0.2, 0.25) is 0 Å². The average molecular weight is 320 g/mol. The number of sulfonamides is 1. The molecule has 1 aromatic carbocycles. The highest BCUT2D eigenvalue weighted by molar-refractivity contribution is 7.92. The van der Waals surface area contributed by atoms with E-state index >= 15 is 0 Å². The van der Waals surface area contributed by atoms with Crippen LogP contribution in [0, 0.1) is 6.92 Å². The van der Waals surface area contributed by atoms with E-state index in [4.69, 9.17) is 0 Å². The summed E-state index contributed by atoms with van der Waals surface area (Å²) in [4.78, 5) is 10.8. The Morgan fingerprint density at radius 2 is 2.14 bits per heavy atom. The highest BCUT2D eigenvalue weighted by Gasteiger charge is 2.16. The average Bonchev–Trinajstić information content (AvgIpc) is 3.09. The smallest absolute Gasteiger partial charge is 0.278 e. The summed E-state index contributed by atoms with van der Waals surface area (Å²) in [5.74, 6) is 0.548. The Morgan fingerprint density at radius 3 is 2.81 bits per heavy atom. The Balaban J connectivity index is 1.90. The number of nitrogens with zero attached hydrogens (tertiary/aromatic N) is 2. The van der Waals surface area contributed by atoms with Crippen LogP contribution in [-0.2, 0) is 10.0 Å². The number of aromatic amines is 1. The normalized spacial score (nSPS) is 11.5. The number of thiazole rings is 1. The highest BCUT2D eigenvalue weighted by atomic mass is 32.2. The molecule has 0 saturated heterocycles. The maximum Gasteiger partial charge on any atom is 0.278 e. The molecule has 0 unspecified atom stereocenters. The molecule has 0 aliphatic rings. The van der Waals surface area contributed by atoms with Gasteiger partial charge in [-0.05, 0) is 19.1 Å². The zero-order valence-electron chi connectivity index (χ0n) is 11.1. The quantitative estimate of drug-likeness (QED) is 0.773. The summed E-state index contributed by atoms with van der Waals surface area (Å²) in [6.45, 7) is 1.70. The van der Waals surface area contributed by atoms with E-state index in [0.29, 0.717) is 11.5 Å². The Morgan fingerprint density at radius 1 is 1.29 bits per heavy atom. The van der Waals surface area contributed by atoms with Crippen LogP contribution in [0.4, 0.5) is 5.69 Å². The van der Waals surface area contributed by atoms with E-state index < -0.39 is 10.0 Å². The Bertz CT molecular complexity index is 854. The summed E-state index contributed by atoms with van der Waals surface area (Å²) < 4.78 is 27.0. The van der Waals surface area contributed by atoms with Gasteiger partial charge in [0.05, 0.1) is 6.20 Å². The first-order chi connectivity index (χ1) is 10.0. The van der Waals surface area contributed by atoms with Gasteiger partial charge in [0.15, 0.2) is 5.03 Å². The van der Waals surface area contributed by atoms with E-state index in [1.54, 1.807) is 31.3 Å². The maximum atomic E-state index is 12.2. The number of hydrogen-bond donors (Lipinski definition) is 2. The van der Waals surface area contributed by atoms with E-state index in [2.05, 4.69) is 19.7 Å². The second-order valence-electron chi connectivity index (χ2n) is 4.36. The topological polar surface area (TPSA) is 87.7 Å². The summed E-state index contributed by atoms with van der Waals surface area (Å²) in [7, 11) is -3.66. The fraction of sp³-hybridized carbons (Fsp3) is 0.0769. The largest absolute Gasteiger partial charge is 0.332 e. The summed E-state index contributed by atoms with van der Waals surface area (Å²) in [5.41, 5.74) is 1.35. The molecule has 0 saturated carbocycles. The Kier molecular flexibility index (Phi) is 3.48. The van der Waals surface area contributed by atoms with E-state index in [9.17, 15) is 8.42 Å². The molecule has 0 radical (unpaired) electrons. The summed E-state index contributed by atoms with van der Waals surface area (Å²) in [6, 6.07) is 7.11. The number of aromatic nitrogens is 3. The molecule has 8 heteroatoms. The Labute approximate surface area is 126 Å². The van der Waals surface area contributed by atoms with Gasteiger partial charge in [-0.2, -0.15) is 8.42 Å². The lowest BCUT2D eigenvalue weighted by molar-refractivity contribution is 0.598. The van der Waals surface area contributed by atoms with Crippen molar-refractivity contribution in [3.8, 4) is 10.6 Å². The van der Waals surface area contributed by atoms with Crippen LogP contribution in [0.25, 0.3) is 10.6 Å². The van der Waals surface area contributed by atoms with Crippen LogP contribution in [0.3, 0.4) is 0 Å². The molecule has 108 valence electrons. The summed E-state index contributed by atoms with van der Waals surface area (Å²) in [5, 5.41) is 2.76. The van der Waals surface area contributed by atoms with Gasteiger partial charge in [-0.15, -0.1) is 11.3 Å². The highest BCUT2D eigenvalue weighted by Crippen LogP contribution is 2.25. The van der Waals surface area contributed by atoms with Crippen molar-refractivity contribution in [1.29, 1.82) is 0 Å². The zero-order valence-corrected chi connectivity index (χ0v) is 12.7. The lowest BCUT2D eigenvalue weighted by atomic mass is 10.2. The molecule has 0 amide bonds. The van der Waals surface area contributed by atoms with E-state index in [1.807, 2.05) is 11.4 Å². The van der Waals surface area contributed by atoms with Crippen LogP contribution in [0.5, 0.6) is 0 Å². The van der Waals surface area contributed by atoms with E-state index in [-0.39, 0.29) is 5.03 Å². The molecule has 21 heavy (non-hydrogen) atoms. The third-order valence-electron chi connectivity index (χ3n) is 2.76. The van der Waals surface area contributed by atoms with Crippen molar-refractivity contribution in [3.05, 3.63) is 47.9 Å². The monoisotopic (exact) mass is 320 g/mol. The van der Waals surface area contributed by atoms with Gasteiger partial charge in [0.1, 0.15) is 10.8 Å². The zero-order chi connectivity index (χ0) is 14.9. The van der Waals surface area contributed by atoms with Gasteiger partial charge in [-0.3, -0.25) is 4.72 Å². The number of benzene rings is 1. The van der Waals surface area contributed by atoms with Crippen LogP contribution < -0.4 is 4.72 Å². The van der Waals surface area contributed by atoms with E-state index in [0.717, 1.165) is 10.6 Å². The second kappa shape index (κ2) is 5.30. The van der Waals surface area contributed by atoms with Crippen LogP contribution >= 0.6 is 11.3 Å². The van der Waals surface area contributed by atoms with Gasteiger partial charge in [-0.1, -0.05) is 12.1 Å². The minimum absolute atomic E-state index is 0.0413. The molecular weight excluding hydrogens is 308 g/mol. The van der Waals surface area contributed by atoms with Crippen LogP contribution in [-0.4, -0.2) is 23.4 Å². The molecule has 0 spiro atoms. The van der Waals surface area contributed by atoms with Crippen LogP contribution in [0.1, 0.15) is 5.82 Å². The van der Waals surface area contributed by atoms with Crippen molar-refractivity contribution in [1.82, 2.24) is 15.0 Å². The molecule has 0 aliphatic heterocycles. The van der Waals surface area contributed by atoms with Gasteiger partial charge < -0.3 is 4.98 Å². The lowest BCUT2D eigenvalue weighted by Crippen LogP contribution is -2.13. The number of rotatable bonds is 4. The second-order valence-corrected chi connectivity index (χ2v) is 6.90. The van der Waals surface area contributed by atoms with E-state index in [1.165, 1.54) is 17.5 Å². The first-order valence-corrected chi connectivity index (χ1v) is 8.45. The molecule has 0 atom stereocenters. The fourth-order valence-electron chi connectivity index (χ4n) is 1.83. The predicted molar refractivity (Wildman–Crippen MR) is 81.7 cm³/mol. The third-order valence-corrected chi connectivity index (χ3v) is 4.88. The first kappa shape index (κ1) is 13.8. The molecule has 0 aliphatic carbocycles. The van der Waals surface area contributed by atoms with Crippen molar-refractivity contribution in [3.63, 3.8) is 0 Å². The third kappa shape index (κ3) is 2.96. The Hall–Kier alpha value is -2.19. The SMILES string of the molecule is Cc1ncc(S(=O)(=O)Nc2cccc(-c3nccs3)c2)[nH]1. The minimum Gasteiger partial charge on any atom is -0.332 e. The predicted octanol–water partition coefficient (Wildman–Crippen LogP) is 2.64. The standard InChI is InChI=1S/C13H12N4O2S2/c1-9-15-8-12(16-9)21(18,19)17-11-4-2-3-10(7-11)13-14-5-6-20-13/h2-8,17H,1H3,(H,15,16). The first-order valence-electron chi connectivity index (χ1n) is 6.09. The lowest BCUT2D eigenvalue weighted by Gasteiger charge is -2.07. The molecule has 6 nitrogen and oxygen atoms in total. The number of aryl methyl sites for hydroxylation is 1. The molecule has 3 rings (SSSR count). The van der Waals surface area contributed by atoms with Gasteiger partial charge >= 0.3 is 0 Å². The number of imidazole rings is 1. The summed E-state index contributed by atoms with van der Waals surface area (Å²) >= 11 is 1.50. The maximum absolute atomic E-state index is 12.2. The summed E-state index contributed by atoms with van der Waals surface area (Å²) in [6.07, 6.45) is 3.01. The number of H-pyrrole nitrogens is 1. The van der Waals surface area contributed by atoms with Crippen molar-refractivity contribution in [2.75, 3.05) is 4.72 Å². The number of hydrogen-bond acceptors (Lipinski definition) is 5. The minimum atomic E-state index is -3.66. The van der Waals surface area contributed by atoms with Gasteiger partial charge in [0.25, 0.3) is 10.0 Å². The van der Waals surface area contributed by atoms with Crippen molar-refractivity contribution >= 4 is 27.0 Å². The van der Waals surface area contributed by atoms with Gasteiger partial charge in [-0.25, -0.2) is 9.97 Å². The van der Waals surface area contributed by atoms with Gasteiger partial charge in [0, 0.05) is 22.8 Å². The number of anilines is 1. The molecule has 3 aromatic rings. The molecule has 2 aromatic heterocycles. The van der Waals surface area contributed by atoms with Crippen molar-refractivity contribution < 1.29 is 8.42 Å².